The number of halogens is 2. The van der Waals surface area contributed by atoms with Crippen molar-refractivity contribution >= 4 is 41.8 Å². The van der Waals surface area contributed by atoms with E-state index in [0.717, 1.165) is 23.1 Å². The van der Waals surface area contributed by atoms with Gasteiger partial charge in [-0.15, -0.1) is 24.8 Å². The second kappa shape index (κ2) is 8.03. The maximum absolute atomic E-state index is 11.4. The molecule has 0 saturated carbocycles. The minimum atomic E-state index is -0.966. The quantitative estimate of drug-likeness (QED) is 0.551. The van der Waals surface area contributed by atoms with Gasteiger partial charge in [-0.1, -0.05) is 24.3 Å². The fraction of sp³-hybridized carbons (Fsp3) is 0.0556. The second-order valence-corrected chi connectivity index (χ2v) is 5.52. The van der Waals surface area contributed by atoms with Crippen LogP contribution in [-0.4, -0.2) is 30.6 Å². The first-order chi connectivity index (χ1) is 11.7. The molecule has 0 bridgehead atoms. The fourth-order valence-corrected chi connectivity index (χ4v) is 2.75. The Hall–Kier alpha value is -2.83. The van der Waals surface area contributed by atoms with Gasteiger partial charge in [-0.3, -0.25) is 0 Å². The molecule has 2 aromatic heterocycles. The second-order valence-electron chi connectivity index (χ2n) is 5.52. The molecular weight excluding hydrogens is 375 g/mol. The summed E-state index contributed by atoms with van der Waals surface area (Å²) in [6, 6.07) is 12.8. The van der Waals surface area contributed by atoms with Gasteiger partial charge in [0.15, 0.2) is 0 Å². The van der Waals surface area contributed by atoms with E-state index in [2.05, 4.69) is 15.0 Å². The van der Waals surface area contributed by atoms with Crippen LogP contribution in [0.25, 0.3) is 22.4 Å². The molecule has 8 heteroatoms. The molecule has 0 saturated heterocycles. The van der Waals surface area contributed by atoms with E-state index in [9.17, 15) is 9.90 Å². The summed E-state index contributed by atoms with van der Waals surface area (Å²) in [5, 5.41) is 9.34. The largest absolute Gasteiger partial charge is 0.478 e. The van der Waals surface area contributed by atoms with Crippen molar-refractivity contribution in [3.8, 4) is 11.4 Å². The highest BCUT2D eigenvalue weighted by atomic mass is 35.5. The van der Waals surface area contributed by atoms with Gasteiger partial charge in [0.25, 0.3) is 0 Å². The predicted molar refractivity (Wildman–Crippen MR) is 104 cm³/mol. The number of fused-ring (bicyclic) bond motifs is 1. The average molecular weight is 391 g/mol. The molecule has 0 unspecified atom stereocenters. The summed E-state index contributed by atoms with van der Waals surface area (Å²) in [7, 11) is 0. The number of benzene rings is 2. The Morgan fingerprint density at radius 1 is 1.15 bits per heavy atom. The number of aromatic amines is 1. The maximum Gasteiger partial charge on any atom is 0.336 e. The van der Waals surface area contributed by atoms with Crippen molar-refractivity contribution in [2.45, 2.75) is 6.54 Å². The number of aromatic nitrogens is 4. The van der Waals surface area contributed by atoms with E-state index in [-0.39, 0.29) is 30.4 Å². The van der Waals surface area contributed by atoms with Crippen LogP contribution in [0.5, 0.6) is 0 Å². The van der Waals surface area contributed by atoms with Crippen LogP contribution in [0.2, 0.25) is 0 Å². The summed E-state index contributed by atoms with van der Waals surface area (Å²) in [6.07, 6.45) is 5.42. The third-order valence-electron chi connectivity index (χ3n) is 3.88. The molecule has 2 N–H and O–H groups in total. The lowest BCUT2D eigenvalue weighted by Gasteiger charge is -2.02. The Labute approximate surface area is 161 Å². The minimum absolute atomic E-state index is 0. The van der Waals surface area contributed by atoms with E-state index in [4.69, 9.17) is 0 Å². The Kier molecular flexibility index (Phi) is 6.02. The van der Waals surface area contributed by atoms with Crippen LogP contribution >= 0.6 is 24.8 Å². The number of hydrogen-bond donors (Lipinski definition) is 2. The van der Waals surface area contributed by atoms with E-state index >= 15 is 0 Å². The van der Waals surface area contributed by atoms with Gasteiger partial charge in [-0.2, -0.15) is 0 Å². The lowest BCUT2D eigenvalue weighted by molar-refractivity contribution is 0.0697. The summed E-state index contributed by atoms with van der Waals surface area (Å²) in [4.78, 5) is 23.2. The smallest absolute Gasteiger partial charge is 0.336 e. The van der Waals surface area contributed by atoms with E-state index < -0.39 is 5.97 Å². The Morgan fingerprint density at radius 3 is 2.69 bits per heavy atom. The van der Waals surface area contributed by atoms with Gasteiger partial charge in [0.05, 0.1) is 22.9 Å². The number of carboxylic acid groups (broad SMARTS) is 1. The van der Waals surface area contributed by atoms with Crippen molar-refractivity contribution in [3.63, 3.8) is 0 Å². The van der Waals surface area contributed by atoms with Crippen LogP contribution in [0.1, 0.15) is 15.9 Å². The van der Waals surface area contributed by atoms with E-state index in [1.54, 1.807) is 36.8 Å². The van der Waals surface area contributed by atoms with Gasteiger partial charge < -0.3 is 14.7 Å². The van der Waals surface area contributed by atoms with Gasteiger partial charge in [0.2, 0.25) is 0 Å². The SMILES string of the molecule is Cl.Cl.O=C(O)c1ccccc1-c1nc2ccc(Cn3ccnc3)cc2[nH]1. The van der Waals surface area contributed by atoms with Crippen molar-refractivity contribution in [1.29, 1.82) is 0 Å². The molecule has 134 valence electrons. The standard InChI is InChI=1S/C18H14N4O2.2ClH/c23-18(24)14-4-2-1-3-13(14)17-20-15-6-5-12(9-16(15)21-17)10-22-8-7-19-11-22;;/h1-9,11H,10H2,(H,20,21)(H,23,24);2*1H. The van der Waals surface area contributed by atoms with Crippen LogP contribution in [0.15, 0.2) is 61.2 Å². The molecule has 0 spiro atoms. The Bertz CT molecular complexity index is 1030. The number of carboxylic acids is 1. The van der Waals surface area contributed by atoms with Gasteiger partial charge in [-0.05, 0) is 23.8 Å². The van der Waals surface area contributed by atoms with Crippen LogP contribution in [0.3, 0.4) is 0 Å². The number of hydrogen-bond acceptors (Lipinski definition) is 3. The van der Waals surface area contributed by atoms with Crippen LogP contribution in [0, 0.1) is 0 Å². The van der Waals surface area contributed by atoms with Crippen molar-refractivity contribution in [1.82, 2.24) is 19.5 Å². The van der Waals surface area contributed by atoms with Crippen molar-refractivity contribution < 1.29 is 9.90 Å². The molecule has 0 atom stereocenters. The summed E-state index contributed by atoms with van der Waals surface area (Å²) < 4.78 is 1.98. The number of nitrogens with one attached hydrogen (secondary N) is 1. The fourth-order valence-electron chi connectivity index (χ4n) is 2.75. The molecule has 6 nitrogen and oxygen atoms in total. The number of carbonyl (C=O) groups is 1. The third-order valence-corrected chi connectivity index (χ3v) is 3.88. The van der Waals surface area contributed by atoms with Crippen molar-refractivity contribution in [2.75, 3.05) is 0 Å². The molecule has 0 radical (unpaired) electrons. The summed E-state index contributed by atoms with van der Waals surface area (Å²) in [6.45, 7) is 0.718. The normalized spacial score (nSPS) is 10.2. The zero-order valence-electron chi connectivity index (χ0n) is 13.5. The lowest BCUT2D eigenvalue weighted by atomic mass is 10.1. The van der Waals surface area contributed by atoms with Gasteiger partial charge in [0, 0.05) is 24.5 Å². The molecule has 0 aliphatic heterocycles. The summed E-state index contributed by atoms with van der Waals surface area (Å²) in [5.41, 5.74) is 3.61. The maximum atomic E-state index is 11.4. The van der Waals surface area contributed by atoms with E-state index in [1.165, 1.54) is 0 Å². The molecule has 26 heavy (non-hydrogen) atoms. The summed E-state index contributed by atoms with van der Waals surface area (Å²) >= 11 is 0. The van der Waals surface area contributed by atoms with Gasteiger partial charge in [-0.25, -0.2) is 14.8 Å². The molecule has 2 heterocycles. The predicted octanol–water partition coefficient (Wildman–Crippen LogP) is 4.02. The highest BCUT2D eigenvalue weighted by Gasteiger charge is 2.14. The zero-order valence-corrected chi connectivity index (χ0v) is 15.1. The van der Waals surface area contributed by atoms with Crippen LogP contribution in [-0.2, 0) is 6.54 Å². The average Bonchev–Trinajstić information content (AvgIpc) is 3.23. The molecule has 0 aliphatic carbocycles. The van der Waals surface area contributed by atoms with Gasteiger partial charge >= 0.3 is 5.97 Å². The highest BCUT2D eigenvalue weighted by Crippen LogP contribution is 2.24. The molecular formula is C18H16Cl2N4O2. The number of imidazole rings is 2. The van der Waals surface area contributed by atoms with Crippen molar-refractivity contribution in [3.05, 3.63) is 72.3 Å². The third kappa shape index (κ3) is 3.71. The number of rotatable bonds is 4. The van der Waals surface area contributed by atoms with E-state index in [0.29, 0.717) is 11.4 Å². The molecule has 4 aromatic rings. The first-order valence-corrected chi connectivity index (χ1v) is 7.48. The number of nitrogens with zero attached hydrogens (tertiary/aromatic N) is 3. The molecule has 0 aliphatic rings. The summed E-state index contributed by atoms with van der Waals surface area (Å²) in [5.74, 6) is -0.408. The Balaban J connectivity index is 0.00000121. The molecule has 4 rings (SSSR count). The van der Waals surface area contributed by atoms with Gasteiger partial charge in [0.1, 0.15) is 5.82 Å². The highest BCUT2D eigenvalue weighted by molar-refractivity contribution is 5.96. The van der Waals surface area contributed by atoms with Crippen LogP contribution < -0.4 is 0 Å². The molecule has 0 fully saturated rings. The molecule has 2 aromatic carbocycles. The zero-order chi connectivity index (χ0) is 16.5. The minimum Gasteiger partial charge on any atom is -0.478 e. The number of aromatic carboxylic acids is 1. The van der Waals surface area contributed by atoms with Crippen molar-refractivity contribution in [2.24, 2.45) is 0 Å². The first-order valence-electron chi connectivity index (χ1n) is 7.48. The lowest BCUT2D eigenvalue weighted by Crippen LogP contribution is -1.99. The topological polar surface area (TPSA) is 83.8 Å². The van der Waals surface area contributed by atoms with Crippen LogP contribution in [0.4, 0.5) is 0 Å². The monoisotopic (exact) mass is 390 g/mol. The Morgan fingerprint density at radius 2 is 1.96 bits per heavy atom. The van der Waals surface area contributed by atoms with E-state index in [1.807, 2.05) is 29.0 Å². The number of H-pyrrole nitrogens is 1. The first kappa shape index (κ1) is 19.5. The molecule has 0 amide bonds.